The quantitative estimate of drug-likeness (QED) is 0.824. The number of anilines is 1. The van der Waals surface area contributed by atoms with Gasteiger partial charge in [0.05, 0.1) is 6.10 Å². The van der Waals surface area contributed by atoms with Crippen LogP contribution >= 0.6 is 11.8 Å². The molecule has 1 heterocycles. The third kappa shape index (κ3) is 3.92. The molecule has 1 aliphatic heterocycles. The minimum Gasteiger partial charge on any atom is -0.376 e. The van der Waals surface area contributed by atoms with Gasteiger partial charge >= 0.3 is 6.03 Å². The zero-order valence-corrected chi connectivity index (χ0v) is 11.3. The fourth-order valence-corrected chi connectivity index (χ4v) is 2.35. The van der Waals surface area contributed by atoms with Crippen molar-refractivity contribution in [2.75, 3.05) is 24.7 Å². The van der Waals surface area contributed by atoms with Crippen LogP contribution in [0.5, 0.6) is 0 Å². The Kier molecular flexibility index (Phi) is 4.90. The molecular formula is C13H18N2O2S. The molecule has 4 nitrogen and oxygen atoms in total. The largest absolute Gasteiger partial charge is 0.376 e. The summed E-state index contributed by atoms with van der Waals surface area (Å²) >= 11 is 1.65. The molecule has 1 aromatic rings. The number of hydrogen-bond acceptors (Lipinski definition) is 3. The Morgan fingerprint density at radius 3 is 3.17 bits per heavy atom. The second-order valence-corrected chi connectivity index (χ2v) is 5.08. The van der Waals surface area contributed by atoms with Crippen LogP contribution < -0.4 is 10.6 Å². The van der Waals surface area contributed by atoms with Crippen LogP contribution in [0.2, 0.25) is 0 Å². The number of carbonyl (C=O) groups is 1. The monoisotopic (exact) mass is 266 g/mol. The fourth-order valence-electron chi connectivity index (χ4n) is 1.89. The first-order valence-electron chi connectivity index (χ1n) is 6.08. The third-order valence-corrected chi connectivity index (χ3v) is 3.57. The molecule has 0 spiro atoms. The van der Waals surface area contributed by atoms with Crippen molar-refractivity contribution in [2.45, 2.75) is 23.8 Å². The van der Waals surface area contributed by atoms with Crippen LogP contribution in [0.15, 0.2) is 29.2 Å². The van der Waals surface area contributed by atoms with E-state index in [0.29, 0.717) is 6.54 Å². The number of benzene rings is 1. The number of ether oxygens (including phenoxy) is 1. The van der Waals surface area contributed by atoms with Gasteiger partial charge in [-0.25, -0.2) is 4.79 Å². The molecule has 0 aromatic heterocycles. The van der Waals surface area contributed by atoms with Crippen LogP contribution in [0.25, 0.3) is 0 Å². The van der Waals surface area contributed by atoms with Gasteiger partial charge in [-0.3, -0.25) is 0 Å². The number of nitrogens with one attached hydrogen (secondary N) is 2. The van der Waals surface area contributed by atoms with E-state index in [1.807, 2.05) is 30.5 Å². The van der Waals surface area contributed by atoms with E-state index in [0.717, 1.165) is 30.0 Å². The second kappa shape index (κ2) is 6.66. The van der Waals surface area contributed by atoms with E-state index in [-0.39, 0.29) is 12.1 Å². The van der Waals surface area contributed by atoms with Crippen molar-refractivity contribution in [1.82, 2.24) is 5.32 Å². The molecule has 0 unspecified atom stereocenters. The molecule has 1 saturated heterocycles. The Bertz CT molecular complexity index is 406. The molecule has 0 saturated carbocycles. The predicted octanol–water partition coefficient (Wildman–Crippen LogP) is 2.71. The molecule has 2 rings (SSSR count). The third-order valence-electron chi connectivity index (χ3n) is 2.84. The molecule has 98 valence electrons. The number of carbonyl (C=O) groups excluding carboxylic acids is 1. The summed E-state index contributed by atoms with van der Waals surface area (Å²) in [6.07, 6.45) is 4.30. The standard InChI is InChI=1S/C13H18N2O2S/c1-18-12-6-2-4-10(8-12)15-13(16)14-9-11-5-3-7-17-11/h2,4,6,8,11H,3,5,7,9H2,1H3,(H2,14,15,16)/t11-/m0/s1. The van der Waals surface area contributed by atoms with Crippen molar-refractivity contribution >= 4 is 23.5 Å². The lowest BCUT2D eigenvalue weighted by Crippen LogP contribution is -2.35. The Balaban J connectivity index is 1.78. The van der Waals surface area contributed by atoms with Gasteiger partial charge in [-0.1, -0.05) is 6.07 Å². The van der Waals surface area contributed by atoms with Crippen LogP contribution in [0.1, 0.15) is 12.8 Å². The molecule has 1 fully saturated rings. The Morgan fingerprint density at radius 2 is 2.44 bits per heavy atom. The lowest BCUT2D eigenvalue weighted by Gasteiger charge is -2.12. The van der Waals surface area contributed by atoms with Gasteiger partial charge in [-0.15, -0.1) is 11.8 Å². The van der Waals surface area contributed by atoms with Gasteiger partial charge in [-0.05, 0) is 37.3 Å². The normalized spacial score (nSPS) is 18.6. The van der Waals surface area contributed by atoms with Gasteiger partial charge < -0.3 is 15.4 Å². The highest BCUT2D eigenvalue weighted by Gasteiger charge is 2.15. The van der Waals surface area contributed by atoms with Crippen molar-refractivity contribution in [3.8, 4) is 0 Å². The van der Waals surface area contributed by atoms with Gasteiger partial charge in [-0.2, -0.15) is 0 Å². The zero-order valence-electron chi connectivity index (χ0n) is 10.4. The van der Waals surface area contributed by atoms with E-state index in [9.17, 15) is 4.79 Å². The Hall–Kier alpha value is -1.20. The molecule has 0 aliphatic carbocycles. The highest BCUT2D eigenvalue weighted by atomic mass is 32.2. The Morgan fingerprint density at radius 1 is 1.56 bits per heavy atom. The van der Waals surface area contributed by atoms with Crippen LogP contribution in [-0.4, -0.2) is 31.5 Å². The topological polar surface area (TPSA) is 50.4 Å². The van der Waals surface area contributed by atoms with Crippen molar-refractivity contribution in [2.24, 2.45) is 0 Å². The molecule has 0 bridgehead atoms. The van der Waals surface area contributed by atoms with E-state index >= 15 is 0 Å². The Labute approximate surface area is 111 Å². The van der Waals surface area contributed by atoms with Crippen molar-refractivity contribution < 1.29 is 9.53 Å². The number of thioether (sulfide) groups is 1. The molecule has 1 atom stereocenters. The fraction of sp³-hybridized carbons (Fsp3) is 0.462. The first kappa shape index (κ1) is 13.2. The molecule has 2 amide bonds. The van der Waals surface area contributed by atoms with Crippen LogP contribution in [0.4, 0.5) is 10.5 Å². The van der Waals surface area contributed by atoms with Crippen LogP contribution in [0, 0.1) is 0 Å². The maximum atomic E-state index is 11.7. The van der Waals surface area contributed by atoms with E-state index < -0.39 is 0 Å². The highest BCUT2D eigenvalue weighted by molar-refractivity contribution is 7.98. The minimum atomic E-state index is -0.177. The number of rotatable bonds is 4. The summed E-state index contributed by atoms with van der Waals surface area (Å²) in [5.41, 5.74) is 0.812. The smallest absolute Gasteiger partial charge is 0.319 e. The zero-order chi connectivity index (χ0) is 12.8. The molecule has 0 radical (unpaired) electrons. The van der Waals surface area contributed by atoms with E-state index in [4.69, 9.17) is 4.74 Å². The summed E-state index contributed by atoms with van der Waals surface area (Å²) in [4.78, 5) is 12.8. The first-order valence-corrected chi connectivity index (χ1v) is 7.31. The summed E-state index contributed by atoms with van der Waals surface area (Å²) in [5.74, 6) is 0. The van der Waals surface area contributed by atoms with Gasteiger partial charge in [0, 0.05) is 23.7 Å². The SMILES string of the molecule is CSc1cccc(NC(=O)NC[C@@H]2CCCO2)c1. The van der Waals surface area contributed by atoms with Gasteiger partial charge in [0.25, 0.3) is 0 Å². The summed E-state index contributed by atoms with van der Waals surface area (Å²) in [5, 5.41) is 5.65. The maximum Gasteiger partial charge on any atom is 0.319 e. The number of hydrogen-bond donors (Lipinski definition) is 2. The van der Waals surface area contributed by atoms with Crippen molar-refractivity contribution in [3.05, 3.63) is 24.3 Å². The van der Waals surface area contributed by atoms with Crippen LogP contribution in [-0.2, 0) is 4.74 Å². The average molecular weight is 266 g/mol. The molecule has 2 N–H and O–H groups in total. The molecule has 18 heavy (non-hydrogen) atoms. The summed E-state index contributed by atoms with van der Waals surface area (Å²) in [6.45, 7) is 1.39. The first-order chi connectivity index (χ1) is 8.78. The molecule has 5 heteroatoms. The maximum absolute atomic E-state index is 11.7. The van der Waals surface area contributed by atoms with Crippen molar-refractivity contribution in [1.29, 1.82) is 0 Å². The average Bonchev–Trinajstić information content (AvgIpc) is 2.90. The predicted molar refractivity (Wildman–Crippen MR) is 74.2 cm³/mol. The lowest BCUT2D eigenvalue weighted by atomic mass is 10.2. The van der Waals surface area contributed by atoms with Gasteiger partial charge in [0.1, 0.15) is 0 Å². The van der Waals surface area contributed by atoms with Gasteiger partial charge in [0.2, 0.25) is 0 Å². The van der Waals surface area contributed by atoms with E-state index in [1.54, 1.807) is 11.8 Å². The van der Waals surface area contributed by atoms with Gasteiger partial charge in [0.15, 0.2) is 0 Å². The molecular weight excluding hydrogens is 248 g/mol. The minimum absolute atomic E-state index is 0.174. The summed E-state index contributed by atoms with van der Waals surface area (Å²) in [7, 11) is 0. The van der Waals surface area contributed by atoms with Crippen molar-refractivity contribution in [3.63, 3.8) is 0 Å². The second-order valence-electron chi connectivity index (χ2n) is 4.20. The summed E-state index contributed by atoms with van der Waals surface area (Å²) < 4.78 is 5.44. The number of amides is 2. The lowest BCUT2D eigenvalue weighted by molar-refractivity contribution is 0.112. The van der Waals surface area contributed by atoms with E-state index in [1.165, 1.54) is 0 Å². The van der Waals surface area contributed by atoms with Crippen LogP contribution in [0.3, 0.4) is 0 Å². The molecule has 1 aliphatic rings. The number of urea groups is 1. The molecule has 1 aromatic carbocycles. The highest BCUT2D eigenvalue weighted by Crippen LogP contribution is 2.18. The van der Waals surface area contributed by atoms with E-state index in [2.05, 4.69) is 10.6 Å². The summed E-state index contributed by atoms with van der Waals surface area (Å²) in [6, 6.07) is 7.60.